The molecule has 9 nitrogen and oxygen atoms in total. The molecule has 1 heterocycles. The van der Waals surface area contributed by atoms with Crippen molar-refractivity contribution < 1.29 is 14.5 Å². The van der Waals surface area contributed by atoms with Gasteiger partial charge in [0.1, 0.15) is 12.4 Å². The zero-order valence-electron chi connectivity index (χ0n) is 14.3. The quantitative estimate of drug-likeness (QED) is 0.324. The molecule has 0 atom stereocenters. The molecule has 0 fully saturated rings. The van der Waals surface area contributed by atoms with E-state index in [1.807, 2.05) is 30.3 Å². The zero-order chi connectivity index (χ0) is 19.9. The van der Waals surface area contributed by atoms with Crippen molar-refractivity contribution in [2.45, 2.75) is 11.8 Å². The number of ether oxygens (including phenoxy) is 1. The maximum absolute atomic E-state index is 12.1. The molecule has 0 aliphatic heterocycles. The lowest BCUT2D eigenvalue weighted by molar-refractivity contribution is -0.384. The number of carbonyl (C=O) groups excluding carboxylic acids is 1. The van der Waals surface area contributed by atoms with Gasteiger partial charge in [-0.05, 0) is 18.2 Å². The van der Waals surface area contributed by atoms with Crippen LogP contribution in [0.3, 0.4) is 0 Å². The van der Waals surface area contributed by atoms with Gasteiger partial charge >= 0.3 is 0 Å². The molecular weight excluding hydrogens is 406 g/mol. The number of non-ortho nitro benzene ring substituents is 1. The Balaban J connectivity index is 1.50. The Morgan fingerprint density at radius 1 is 1.29 bits per heavy atom. The van der Waals surface area contributed by atoms with Crippen LogP contribution in [0.15, 0.2) is 53.7 Å². The highest BCUT2D eigenvalue weighted by Gasteiger charge is 2.13. The molecule has 0 bridgehead atoms. The van der Waals surface area contributed by atoms with E-state index in [1.54, 1.807) is 0 Å². The van der Waals surface area contributed by atoms with Crippen LogP contribution in [0, 0.1) is 10.1 Å². The van der Waals surface area contributed by atoms with Gasteiger partial charge in [0.2, 0.25) is 11.1 Å². The number of benzene rings is 2. The smallest absolute Gasteiger partial charge is 0.271 e. The molecule has 144 valence electrons. The van der Waals surface area contributed by atoms with Gasteiger partial charge < -0.3 is 10.1 Å². The van der Waals surface area contributed by atoms with Gasteiger partial charge in [-0.2, -0.15) is 0 Å². The van der Waals surface area contributed by atoms with Crippen molar-refractivity contribution in [2.75, 3.05) is 11.1 Å². The van der Waals surface area contributed by atoms with Crippen LogP contribution in [0.1, 0.15) is 5.82 Å². The van der Waals surface area contributed by atoms with Crippen LogP contribution >= 0.6 is 23.4 Å². The second kappa shape index (κ2) is 9.20. The number of halogens is 1. The largest absolute Gasteiger partial charge is 0.486 e. The van der Waals surface area contributed by atoms with E-state index < -0.39 is 4.92 Å². The summed E-state index contributed by atoms with van der Waals surface area (Å²) in [7, 11) is 0. The van der Waals surface area contributed by atoms with Gasteiger partial charge in [-0.1, -0.05) is 41.6 Å². The van der Waals surface area contributed by atoms with E-state index in [0.717, 1.165) is 11.8 Å². The summed E-state index contributed by atoms with van der Waals surface area (Å²) in [4.78, 5) is 26.6. The molecule has 1 aromatic heterocycles. The first-order valence-electron chi connectivity index (χ1n) is 7.97. The summed E-state index contributed by atoms with van der Waals surface area (Å²) in [5.41, 5.74) is 0.0118. The number of carbonyl (C=O) groups is 1. The monoisotopic (exact) mass is 419 g/mol. The highest BCUT2D eigenvalue weighted by atomic mass is 35.5. The number of thioether (sulfide) groups is 1. The van der Waals surface area contributed by atoms with E-state index in [0.29, 0.717) is 16.7 Å². The number of aromatic nitrogens is 3. The number of para-hydroxylation sites is 1. The number of nitro benzene ring substituents is 1. The summed E-state index contributed by atoms with van der Waals surface area (Å²) in [6.07, 6.45) is 0. The van der Waals surface area contributed by atoms with Gasteiger partial charge in [-0.25, -0.2) is 4.98 Å². The van der Waals surface area contributed by atoms with Crippen LogP contribution in [0.2, 0.25) is 5.02 Å². The molecule has 2 aromatic carbocycles. The third-order valence-electron chi connectivity index (χ3n) is 3.40. The number of hydrogen-bond donors (Lipinski definition) is 2. The summed E-state index contributed by atoms with van der Waals surface area (Å²) in [5, 5.41) is 20.7. The van der Waals surface area contributed by atoms with Crippen LogP contribution in [0.5, 0.6) is 5.75 Å². The molecule has 0 aliphatic carbocycles. The molecule has 3 rings (SSSR count). The van der Waals surface area contributed by atoms with Gasteiger partial charge in [0.15, 0.2) is 5.82 Å². The van der Waals surface area contributed by atoms with Gasteiger partial charge in [0.05, 0.1) is 21.4 Å². The molecule has 0 aliphatic rings. The van der Waals surface area contributed by atoms with E-state index in [4.69, 9.17) is 16.3 Å². The average molecular weight is 420 g/mol. The molecule has 1 amide bonds. The van der Waals surface area contributed by atoms with Crippen molar-refractivity contribution in [1.82, 2.24) is 15.2 Å². The zero-order valence-corrected chi connectivity index (χ0v) is 15.9. The number of H-pyrrole nitrogens is 1. The molecular formula is C17H14ClN5O4S. The van der Waals surface area contributed by atoms with Gasteiger partial charge in [0.25, 0.3) is 5.69 Å². The van der Waals surface area contributed by atoms with Crippen LogP contribution in [0.25, 0.3) is 0 Å². The second-order valence-electron chi connectivity index (χ2n) is 5.42. The van der Waals surface area contributed by atoms with E-state index in [2.05, 4.69) is 20.5 Å². The first-order valence-corrected chi connectivity index (χ1v) is 9.33. The topological polar surface area (TPSA) is 123 Å². The number of anilines is 1. The standard InChI is InChI=1S/C17H14ClN5O4S/c18-13-7-6-11(23(25)26)8-14(13)19-16(24)10-28-17-20-15(21-22-17)9-27-12-4-2-1-3-5-12/h1-8H,9-10H2,(H,19,24)(H,20,21,22). The summed E-state index contributed by atoms with van der Waals surface area (Å²) < 4.78 is 5.56. The molecule has 0 saturated heterocycles. The minimum Gasteiger partial charge on any atom is -0.486 e. The van der Waals surface area contributed by atoms with Crippen molar-refractivity contribution in [3.63, 3.8) is 0 Å². The van der Waals surface area contributed by atoms with Crippen LogP contribution in [-0.4, -0.2) is 31.8 Å². The fraction of sp³-hybridized carbons (Fsp3) is 0.118. The lowest BCUT2D eigenvalue weighted by atomic mass is 10.3. The number of hydrogen-bond acceptors (Lipinski definition) is 7. The van der Waals surface area contributed by atoms with E-state index >= 15 is 0 Å². The molecule has 28 heavy (non-hydrogen) atoms. The first kappa shape index (κ1) is 19.6. The predicted molar refractivity (Wildman–Crippen MR) is 105 cm³/mol. The highest BCUT2D eigenvalue weighted by Crippen LogP contribution is 2.27. The molecule has 0 spiro atoms. The molecule has 0 unspecified atom stereocenters. The minimum absolute atomic E-state index is 0.00978. The molecule has 2 N–H and O–H groups in total. The summed E-state index contributed by atoms with van der Waals surface area (Å²) in [5.74, 6) is 0.852. The number of aromatic amines is 1. The fourth-order valence-corrected chi connectivity index (χ4v) is 2.90. The Morgan fingerprint density at radius 2 is 2.07 bits per heavy atom. The van der Waals surface area contributed by atoms with Crippen molar-refractivity contribution in [2.24, 2.45) is 0 Å². The maximum atomic E-state index is 12.1. The van der Waals surface area contributed by atoms with E-state index in [1.165, 1.54) is 18.2 Å². The lowest BCUT2D eigenvalue weighted by Gasteiger charge is -2.06. The molecule has 3 aromatic rings. The summed E-state index contributed by atoms with van der Waals surface area (Å²) >= 11 is 7.07. The average Bonchev–Trinajstić information content (AvgIpc) is 3.15. The number of nitrogens with zero attached hydrogens (tertiary/aromatic N) is 3. The van der Waals surface area contributed by atoms with Gasteiger partial charge in [-0.3, -0.25) is 20.0 Å². The minimum atomic E-state index is -0.562. The van der Waals surface area contributed by atoms with Crippen LogP contribution in [-0.2, 0) is 11.4 Å². The lowest BCUT2D eigenvalue weighted by Crippen LogP contribution is -2.14. The van der Waals surface area contributed by atoms with Crippen molar-refractivity contribution in [3.8, 4) is 5.75 Å². The highest BCUT2D eigenvalue weighted by molar-refractivity contribution is 7.99. The molecule has 11 heteroatoms. The fourth-order valence-electron chi connectivity index (χ4n) is 2.11. The second-order valence-corrected chi connectivity index (χ2v) is 6.77. The third-order valence-corrected chi connectivity index (χ3v) is 4.57. The van der Waals surface area contributed by atoms with Gasteiger partial charge in [-0.15, -0.1) is 5.10 Å². The summed E-state index contributed by atoms with van der Waals surface area (Å²) in [6.45, 7) is 0.215. The Hall–Kier alpha value is -3.11. The number of nitro groups is 1. The number of rotatable bonds is 8. The SMILES string of the molecule is O=C(CSc1n[nH]c(COc2ccccc2)n1)Nc1cc([N+](=O)[O-])ccc1Cl. The normalized spacial score (nSPS) is 10.5. The Kier molecular flexibility index (Phi) is 6.45. The van der Waals surface area contributed by atoms with E-state index in [9.17, 15) is 14.9 Å². The molecule has 0 radical (unpaired) electrons. The Morgan fingerprint density at radius 3 is 2.82 bits per heavy atom. The van der Waals surface area contributed by atoms with Crippen LogP contribution < -0.4 is 10.1 Å². The Labute approximate surface area is 168 Å². The van der Waals surface area contributed by atoms with Crippen LogP contribution in [0.4, 0.5) is 11.4 Å². The van der Waals surface area contributed by atoms with E-state index in [-0.39, 0.29) is 34.7 Å². The molecule has 0 saturated carbocycles. The number of nitrogens with one attached hydrogen (secondary N) is 2. The summed E-state index contributed by atoms with van der Waals surface area (Å²) in [6, 6.07) is 13.1. The van der Waals surface area contributed by atoms with Crippen molar-refractivity contribution >= 4 is 40.6 Å². The Bertz CT molecular complexity index is 983. The van der Waals surface area contributed by atoms with Crippen molar-refractivity contribution in [3.05, 3.63) is 69.5 Å². The first-order chi connectivity index (χ1) is 13.5. The van der Waals surface area contributed by atoms with Crippen molar-refractivity contribution in [1.29, 1.82) is 0 Å². The predicted octanol–water partition coefficient (Wildman–Crippen LogP) is 3.68. The maximum Gasteiger partial charge on any atom is 0.271 e. The third kappa shape index (κ3) is 5.44. The number of amides is 1. The van der Waals surface area contributed by atoms with Gasteiger partial charge in [0, 0.05) is 12.1 Å².